The number of pyridine rings is 1. The minimum atomic E-state index is -0.0627. The van der Waals surface area contributed by atoms with E-state index in [0.29, 0.717) is 12.5 Å². The molecule has 1 aliphatic rings. The highest BCUT2D eigenvalue weighted by molar-refractivity contribution is 8.22. The summed E-state index contributed by atoms with van der Waals surface area (Å²) in [5, 5.41) is 1.85. The van der Waals surface area contributed by atoms with E-state index in [1.54, 1.807) is 24.2 Å². The Labute approximate surface area is 116 Å². The number of hydrogen-bond donors (Lipinski definition) is 1. The first kappa shape index (κ1) is 13.3. The summed E-state index contributed by atoms with van der Waals surface area (Å²) in [6.45, 7) is 2.84. The molecule has 0 saturated carbocycles. The van der Waals surface area contributed by atoms with Gasteiger partial charge in [0.05, 0.1) is 12.5 Å². The maximum atomic E-state index is 11.0. The highest BCUT2D eigenvalue weighted by Crippen LogP contribution is 2.19. The maximum Gasteiger partial charge on any atom is 0.231 e. The number of rotatable bonds is 3. The van der Waals surface area contributed by atoms with Crippen molar-refractivity contribution in [2.45, 2.75) is 13.5 Å². The predicted molar refractivity (Wildman–Crippen MR) is 75.4 cm³/mol. The van der Waals surface area contributed by atoms with Crippen LogP contribution in [-0.2, 0) is 11.3 Å². The molecule has 2 heterocycles. The van der Waals surface area contributed by atoms with Crippen LogP contribution in [-0.4, -0.2) is 37.7 Å². The minimum Gasteiger partial charge on any atom is -0.338 e. The zero-order valence-corrected chi connectivity index (χ0v) is 11.6. The van der Waals surface area contributed by atoms with Crippen LogP contribution in [0.5, 0.6) is 0 Å². The summed E-state index contributed by atoms with van der Waals surface area (Å²) in [5.74, 6) is 0.623. The van der Waals surface area contributed by atoms with Gasteiger partial charge in [0.25, 0.3) is 0 Å². The minimum absolute atomic E-state index is 0.0627. The molecule has 0 spiro atoms. The van der Waals surface area contributed by atoms with Gasteiger partial charge in [-0.25, -0.2) is 0 Å². The van der Waals surface area contributed by atoms with Crippen molar-refractivity contribution in [3.8, 4) is 0 Å². The van der Waals surface area contributed by atoms with Gasteiger partial charge < -0.3 is 4.90 Å². The van der Waals surface area contributed by atoms with E-state index in [-0.39, 0.29) is 5.91 Å². The van der Waals surface area contributed by atoms with Gasteiger partial charge in [0.15, 0.2) is 0 Å². The average Bonchev–Trinajstić information content (AvgIpc) is 2.34. The van der Waals surface area contributed by atoms with Crippen molar-refractivity contribution in [3.05, 3.63) is 30.1 Å². The highest BCUT2D eigenvalue weighted by atomic mass is 32.2. The summed E-state index contributed by atoms with van der Waals surface area (Å²) in [7, 11) is 0. The molecule has 1 fully saturated rings. The average molecular weight is 282 g/mol. The molecule has 96 valence electrons. The van der Waals surface area contributed by atoms with Gasteiger partial charge in [-0.05, 0) is 17.7 Å². The van der Waals surface area contributed by atoms with Crippen molar-refractivity contribution in [2.24, 2.45) is 0 Å². The number of carbonyl (C=O) groups excluding carboxylic acids is 1. The predicted octanol–water partition coefficient (Wildman–Crippen LogP) is 1.18. The lowest BCUT2D eigenvalue weighted by atomic mass is 10.2. The van der Waals surface area contributed by atoms with Crippen LogP contribution in [0.25, 0.3) is 0 Å². The Bertz CT molecular complexity index is 440. The molecule has 1 aliphatic heterocycles. The van der Waals surface area contributed by atoms with Crippen molar-refractivity contribution >= 4 is 34.2 Å². The zero-order valence-electron chi connectivity index (χ0n) is 10.00. The normalized spacial score (nSPS) is 16.7. The number of thioether (sulfide) groups is 1. The van der Waals surface area contributed by atoms with Crippen LogP contribution < -0.4 is 5.43 Å². The number of carbonyl (C=O) groups is 1. The summed E-state index contributed by atoms with van der Waals surface area (Å²) in [6.07, 6.45) is 3.53. The number of nitrogens with one attached hydrogen (secondary N) is 1. The molecule has 0 unspecified atom stereocenters. The molecule has 2 rings (SSSR count). The molecular weight excluding hydrogens is 268 g/mol. The van der Waals surface area contributed by atoms with Gasteiger partial charge in [0.1, 0.15) is 4.32 Å². The molecule has 5 nitrogen and oxygen atoms in total. The van der Waals surface area contributed by atoms with E-state index in [1.807, 2.05) is 17.1 Å². The maximum absolute atomic E-state index is 11.0. The largest absolute Gasteiger partial charge is 0.338 e. The molecule has 0 radical (unpaired) electrons. The Morgan fingerprint density at radius 2 is 2.28 bits per heavy atom. The van der Waals surface area contributed by atoms with Crippen molar-refractivity contribution in [3.63, 3.8) is 0 Å². The van der Waals surface area contributed by atoms with Gasteiger partial charge in [-0.2, -0.15) is 5.01 Å². The first-order chi connectivity index (χ1) is 8.65. The molecule has 0 bridgehead atoms. The Balaban J connectivity index is 1.97. The lowest BCUT2D eigenvalue weighted by Crippen LogP contribution is -2.51. The molecule has 1 aromatic rings. The van der Waals surface area contributed by atoms with Crippen LogP contribution in [0.1, 0.15) is 12.5 Å². The third-order valence-corrected chi connectivity index (χ3v) is 3.94. The monoisotopic (exact) mass is 282 g/mol. The molecular formula is C11H14N4OS2. The van der Waals surface area contributed by atoms with E-state index < -0.39 is 0 Å². The van der Waals surface area contributed by atoms with Crippen LogP contribution >= 0.6 is 24.0 Å². The second-order valence-electron chi connectivity index (χ2n) is 3.94. The lowest BCUT2D eigenvalue weighted by molar-refractivity contribution is -0.123. The summed E-state index contributed by atoms with van der Waals surface area (Å²) in [6, 6.07) is 3.93. The van der Waals surface area contributed by atoms with Gasteiger partial charge in [0.2, 0.25) is 5.91 Å². The highest BCUT2D eigenvalue weighted by Gasteiger charge is 2.22. The van der Waals surface area contributed by atoms with Crippen LogP contribution in [0.15, 0.2) is 24.5 Å². The van der Waals surface area contributed by atoms with Crippen LogP contribution in [0.2, 0.25) is 0 Å². The van der Waals surface area contributed by atoms with Gasteiger partial charge in [-0.1, -0.05) is 24.0 Å². The Morgan fingerprint density at radius 3 is 2.94 bits per heavy atom. The molecule has 1 aromatic heterocycles. The Morgan fingerprint density at radius 1 is 1.56 bits per heavy atom. The van der Waals surface area contributed by atoms with E-state index >= 15 is 0 Å². The quantitative estimate of drug-likeness (QED) is 0.840. The van der Waals surface area contributed by atoms with Crippen LogP contribution in [0, 0.1) is 0 Å². The van der Waals surface area contributed by atoms with E-state index in [1.165, 1.54) is 6.92 Å². The second-order valence-corrected chi connectivity index (χ2v) is 5.52. The fraction of sp³-hybridized carbons (Fsp3) is 0.364. The second kappa shape index (κ2) is 6.12. The number of amides is 1. The third-order valence-electron chi connectivity index (χ3n) is 2.38. The fourth-order valence-electron chi connectivity index (χ4n) is 1.64. The van der Waals surface area contributed by atoms with Gasteiger partial charge in [0, 0.05) is 25.9 Å². The first-order valence-electron chi connectivity index (χ1n) is 5.48. The molecule has 1 N–H and O–H groups in total. The molecule has 0 atom stereocenters. The van der Waals surface area contributed by atoms with E-state index in [9.17, 15) is 4.79 Å². The summed E-state index contributed by atoms with van der Waals surface area (Å²) < 4.78 is 0.855. The smallest absolute Gasteiger partial charge is 0.231 e. The van der Waals surface area contributed by atoms with Gasteiger partial charge in [-0.3, -0.25) is 15.2 Å². The third kappa shape index (κ3) is 3.66. The molecule has 0 aromatic carbocycles. The number of thiocarbonyl (C=S) groups is 1. The first-order valence-corrected chi connectivity index (χ1v) is 6.87. The van der Waals surface area contributed by atoms with E-state index in [2.05, 4.69) is 15.3 Å². The lowest BCUT2D eigenvalue weighted by Gasteiger charge is -2.36. The van der Waals surface area contributed by atoms with Crippen LogP contribution in [0.4, 0.5) is 0 Å². The molecule has 1 amide bonds. The van der Waals surface area contributed by atoms with Gasteiger partial charge >= 0.3 is 0 Å². The number of nitrogens with zero attached hydrogens (tertiary/aromatic N) is 3. The zero-order chi connectivity index (χ0) is 13.0. The van der Waals surface area contributed by atoms with Crippen LogP contribution in [0.3, 0.4) is 0 Å². The van der Waals surface area contributed by atoms with Crippen molar-refractivity contribution in [2.75, 3.05) is 12.5 Å². The van der Waals surface area contributed by atoms with E-state index in [0.717, 1.165) is 16.4 Å². The van der Waals surface area contributed by atoms with Crippen molar-refractivity contribution in [1.82, 2.24) is 20.3 Å². The summed E-state index contributed by atoms with van der Waals surface area (Å²) in [5.41, 5.74) is 3.93. The van der Waals surface area contributed by atoms with Gasteiger partial charge in [-0.15, -0.1) is 0 Å². The standard InChI is InChI=1S/C11H14N4OS2/c1-9(16)13-15-7-14(11(17)18-8-15)6-10-2-4-12-5-3-10/h2-5H,6-8H2,1H3,(H,13,16). The Hall–Kier alpha value is -1.18. The Kier molecular flexibility index (Phi) is 4.51. The summed E-state index contributed by atoms with van der Waals surface area (Å²) in [4.78, 5) is 17.1. The van der Waals surface area contributed by atoms with Crippen molar-refractivity contribution in [1.29, 1.82) is 0 Å². The fourth-order valence-corrected chi connectivity index (χ4v) is 2.64. The SMILES string of the molecule is CC(=O)NN1CSC(=S)N(Cc2ccncc2)C1. The molecule has 1 saturated heterocycles. The van der Waals surface area contributed by atoms with Crippen molar-refractivity contribution < 1.29 is 4.79 Å². The van der Waals surface area contributed by atoms with E-state index in [4.69, 9.17) is 12.2 Å². The molecule has 7 heteroatoms. The number of hydrazine groups is 1. The number of aromatic nitrogens is 1. The number of hydrogen-bond acceptors (Lipinski definition) is 5. The summed E-state index contributed by atoms with van der Waals surface area (Å²) >= 11 is 6.88. The molecule has 18 heavy (non-hydrogen) atoms. The topological polar surface area (TPSA) is 48.5 Å². The molecule has 0 aliphatic carbocycles.